The second-order valence-corrected chi connectivity index (χ2v) is 22.1. The second-order valence-electron chi connectivity index (χ2n) is 20.7. The van der Waals surface area contributed by atoms with E-state index in [9.17, 15) is 19.4 Å². The Kier molecular flexibility index (Phi) is 48.3. The normalized spacial score (nSPS) is 14.3. The second kappa shape index (κ2) is 49.4. The topological polar surface area (TPSA) is 105 Å². The van der Waals surface area contributed by atoms with Gasteiger partial charge in [0.25, 0.3) is 0 Å². The Morgan fingerprint density at radius 3 is 1.27 bits per heavy atom. The highest BCUT2D eigenvalue weighted by Crippen LogP contribution is 2.43. The summed E-state index contributed by atoms with van der Waals surface area (Å²) in [6.45, 7) is 4.66. The third-order valence-electron chi connectivity index (χ3n) is 12.8. The van der Waals surface area contributed by atoms with Crippen LogP contribution in [-0.4, -0.2) is 73.4 Å². The van der Waals surface area contributed by atoms with E-state index in [2.05, 4.69) is 55.6 Å². The van der Waals surface area contributed by atoms with Crippen LogP contribution in [-0.2, 0) is 18.4 Å². The molecule has 0 rings (SSSR count). The molecular weight excluding hydrogens is 852 g/mol. The van der Waals surface area contributed by atoms with Gasteiger partial charge in [-0.05, 0) is 51.4 Å². The Bertz CT molecular complexity index is 1230. The maximum atomic E-state index is 12.8. The number of nitrogens with one attached hydrogen (secondary N) is 1. The van der Waals surface area contributed by atoms with Gasteiger partial charge in [-0.25, -0.2) is 4.57 Å². The fourth-order valence-electron chi connectivity index (χ4n) is 8.27. The van der Waals surface area contributed by atoms with E-state index in [1.807, 2.05) is 27.2 Å². The van der Waals surface area contributed by atoms with Crippen molar-refractivity contribution >= 4 is 13.7 Å². The van der Waals surface area contributed by atoms with Crippen LogP contribution in [0.25, 0.3) is 0 Å². The van der Waals surface area contributed by atoms with Gasteiger partial charge in [-0.3, -0.25) is 13.8 Å². The van der Waals surface area contributed by atoms with Crippen molar-refractivity contribution in [3.8, 4) is 0 Å². The van der Waals surface area contributed by atoms with E-state index in [0.29, 0.717) is 17.4 Å². The van der Waals surface area contributed by atoms with E-state index in [1.165, 1.54) is 193 Å². The quantitative estimate of drug-likeness (QED) is 0.0243. The van der Waals surface area contributed by atoms with Crippen LogP contribution >= 0.6 is 7.82 Å². The summed E-state index contributed by atoms with van der Waals surface area (Å²) >= 11 is 0. The highest BCUT2D eigenvalue weighted by Gasteiger charge is 2.27. The van der Waals surface area contributed by atoms with Crippen LogP contribution in [0.2, 0.25) is 0 Å². The minimum Gasteiger partial charge on any atom is -0.387 e. The molecule has 1 amide bonds. The summed E-state index contributed by atoms with van der Waals surface area (Å²) in [7, 11) is 1.57. The van der Waals surface area contributed by atoms with Crippen molar-refractivity contribution in [3.05, 3.63) is 48.6 Å². The maximum Gasteiger partial charge on any atom is 0.472 e. The number of phosphoric ester groups is 1. The monoisotopic (exact) mass is 964 g/mol. The molecule has 0 spiro atoms. The maximum absolute atomic E-state index is 12.8. The molecule has 0 aliphatic carbocycles. The lowest BCUT2D eigenvalue weighted by molar-refractivity contribution is -0.870. The largest absolute Gasteiger partial charge is 0.472 e. The lowest BCUT2D eigenvalue weighted by Crippen LogP contribution is -2.45. The molecule has 0 fully saturated rings. The number of allylic oxidation sites excluding steroid dienone is 7. The predicted molar refractivity (Wildman–Crippen MR) is 291 cm³/mol. The third-order valence-corrected chi connectivity index (χ3v) is 13.8. The number of aliphatic hydroxyl groups is 1. The number of amides is 1. The summed E-state index contributed by atoms with van der Waals surface area (Å²) in [6, 6.07) is -0.840. The number of aliphatic hydroxyl groups excluding tert-OH is 1. The lowest BCUT2D eigenvalue weighted by atomic mass is 10.0. The first kappa shape index (κ1) is 65.5. The van der Waals surface area contributed by atoms with Crippen molar-refractivity contribution in [1.82, 2.24) is 5.32 Å². The number of nitrogens with zero attached hydrogens (tertiary/aromatic N) is 1. The summed E-state index contributed by atoms with van der Waals surface area (Å²) in [5, 5.41) is 13.6. The molecule has 0 aromatic heterocycles. The molecule has 394 valence electrons. The predicted octanol–water partition coefficient (Wildman–Crippen LogP) is 17.2. The Hall–Kier alpha value is -1.54. The molecule has 0 heterocycles. The van der Waals surface area contributed by atoms with Crippen molar-refractivity contribution in [1.29, 1.82) is 0 Å². The van der Waals surface area contributed by atoms with E-state index >= 15 is 0 Å². The van der Waals surface area contributed by atoms with E-state index in [-0.39, 0.29) is 19.1 Å². The number of phosphoric acid groups is 1. The highest BCUT2D eigenvalue weighted by atomic mass is 31.2. The van der Waals surface area contributed by atoms with Crippen molar-refractivity contribution in [2.24, 2.45) is 0 Å². The molecule has 0 saturated heterocycles. The van der Waals surface area contributed by atoms with Crippen LogP contribution < -0.4 is 5.32 Å². The van der Waals surface area contributed by atoms with Gasteiger partial charge in [-0.15, -0.1) is 0 Å². The molecule has 3 atom stereocenters. The molecule has 0 aromatic rings. The number of hydrogen-bond acceptors (Lipinski definition) is 5. The first-order valence-electron chi connectivity index (χ1n) is 28.5. The fraction of sp³-hybridized carbons (Fsp3) is 0.845. The zero-order valence-corrected chi connectivity index (χ0v) is 45.8. The molecule has 3 N–H and O–H groups in total. The molecular formula is C58H112N2O6P+. The number of carbonyl (C=O) groups excluding carboxylic acids is 1. The van der Waals surface area contributed by atoms with Crippen molar-refractivity contribution < 1.29 is 32.9 Å². The van der Waals surface area contributed by atoms with E-state index in [4.69, 9.17) is 9.05 Å². The van der Waals surface area contributed by atoms with Gasteiger partial charge in [0.15, 0.2) is 0 Å². The Morgan fingerprint density at radius 1 is 0.507 bits per heavy atom. The minimum atomic E-state index is -4.32. The van der Waals surface area contributed by atoms with Gasteiger partial charge in [-0.1, -0.05) is 255 Å². The SMILES string of the molecule is CCCC/C=C/C(O)C(COP(=O)(O)OCC[N+](C)(C)C)NC(=O)CCCCCCCCCCCCCCCCCCCCCCCCCCCC/C=C\C/C=C\C/C=C\CCCCCCC. The van der Waals surface area contributed by atoms with Crippen LogP contribution in [0.15, 0.2) is 48.6 Å². The van der Waals surface area contributed by atoms with E-state index in [0.717, 1.165) is 51.4 Å². The number of likely N-dealkylation sites (N-methyl/N-ethyl adjacent to an activating group) is 1. The number of rotatable bonds is 52. The average Bonchev–Trinajstić information content (AvgIpc) is 3.29. The summed E-state index contributed by atoms with van der Waals surface area (Å²) in [5.74, 6) is -0.183. The van der Waals surface area contributed by atoms with Crippen LogP contribution in [0, 0.1) is 0 Å². The molecule has 67 heavy (non-hydrogen) atoms. The van der Waals surface area contributed by atoms with Crippen LogP contribution in [0.3, 0.4) is 0 Å². The van der Waals surface area contributed by atoms with Gasteiger partial charge >= 0.3 is 7.82 Å². The highest BCUT2D eigenvalue weighted by molar-refractivity contribution is 7.47. The van der Waals surface area contributed by atoms with Gasteiger partial charge < -0.3 is 19.8 Å². The molecule has 0 aliphatic rings. The number of quaternary nitrogens is 1. The zero-order valence-electron chi connectivity index (χ0n) is 44.9. The first-order chi connectivity index (χ1) is 32.5. The smallest absolute Gasteiger partial charge is 0.387 e. The van der Waals surface area contributed by atoms with Gasteiger partial charge in [0.2, 0.25) is 5.91 Å². The molecule has 3 unspecified atom stereocenters. The van der Waals surface area contributed by atoms with Crippen molar-refractivity contribution in [2.45, 2.75) is 276 Å². The van der Waals surface area contributed by atoms with Crippen molar-refractivity contribution in [3.63, 3.8) is 0 Å². The number of unbranched alkanes of at least 4 members (excludes halogenated alkanes) is 33. The van der Waals surface area contributed by atoms with Crippen LogP contribution in [0.1, 0.15) is 264 Å². The summed E-state index contributed by atoms with van der Waals surface area (Å²) in [4.78, 5) is 22.9. The molecule has 0 aromatic carbocycles. The Labute approximate surface area is 416 Å². The van der Waals surface area contributed by atoms with Gasteiger partial charge in [0, 0.05) is 6.42 Å². The van der Waals surface area contributed by atoms with Gasteiger partial charge in [-0.2, -0.15) is 0 Å². The third kappa shape index (κ3) is 52.1. The van der Waals surface area contributed by atoms with Gasteiger partial charge in [0.1, 0.15) is 13.2 Å². The lowest BCUT2D eigenvalue weighted by Gasteiger charge is -2.25. The Morgan fingerprint density at radius 2 is 0.866 bits per heavy atom. The van der Waals surface area contributed by atoms with Crippen molar-refractivity contribution in [2.75, 3.05) is 40.9 Å². The van der Waals surface area contributed by atoms with Crippen LogP contribution in [0.4, 0.5) is 0 Å². The van der Waals surface area contributed by atoms with E-state index in [1.54, 1.807) is 6.08 Å². The number of carbonyl (C=O) groups is 1. The molecule has 9 heteroatoms. The number of hydrogen-bond donors (Lipinski definition) is 3. The molecule has 0 saturated carbocycles. The van der Waals surface area contributed by atoms with Crippen LogP contribution in [0.5, 0.6) is 0 Å². The minimum absolute atomic E-state index is 0.0612. The summed E-state index contributed by atoms with van der Waals surface area (Å²) in [5.41, 5.74) is 0. The first-order valence-corrected chi connectivity index (χ1v) is 30.0. The molecule has 8 nitrogen and oxygen atoms in total. The summed E-state index contributed by atoms with van der Waals surface area (Å²) < 4.78 is 23.4. The van der Waals surface area contributed by atoms with E-state index < -0.39 is 20.0 Å². The molecule has 0 bridgehead atoms. The average molecular weight is 965 g/mol. The summed E-state index contributed by atoms with van der Waals surface area (Å²) in [6.07, 6.45) is 66.1. The molecule has 0 aliphatic heterocycles. The van der Waals surface area contributed by atoms with Gasteiger partial charge in [0.05, 0.1) is 39.9 Å². The fourth-order valence-corrected chi connectivity index (χ4v) is 9.01. The zero-order chi connectivity index (χ0) is 49.2. The molecule has 0 radical (unpaired) electrons. The Balaban J connectivity index is 3.62. The standard InChI is InChI=1S/C58H111N2O6P/c1-6-8-10-12-13-14-15-16-17-18-19-20-21-22-23-24-25-26-27-28-29-30-31-32-33-34-35-36-37-38-39-40-41-42-43-44-45-46-47-48-50-52-58(62)59-56(57(61)51-49-11-9-7-2)55-66-67(63,64)65-54-53-60(3,4)5/h15-16,18-19,21-22,49,51,56-57,61H,6-14,17,20,23-48,50,52-55H2,1-5H3,(H-,59,62,63,64)/p+1/b16-15-,19-18-,22-21-,51-49+.